The number of unbranched alkanes of at least 4 members (excludes halogenated alkanes) is 13. The maximum atomic E-state index is 12.8. The van der Waals surface area contributed by atoms with Gasteiger partial charge in [0.25, 0.3) is 0 Å². The van der Waals surface area contributed by atoms with Crippen molar-refractivity contribution in [3.63, 3.8) is 0 Å². The Morgan fingerprint density at radius 2 is 0.932 bits per heavy atom. The topological polar surface area (TPSA) is 210 Å². The number of allylic oxidation sites excluding steroid dienone is 10. The highest BCUT2D eigenvalue weighted by Crippen LogP contribution is 2.47. The molecule has 0 heterocycles. The number of aliphatic hydroxyl groups excluding tert-OH is 5. The van der Waals surface area contributed by atoms with Gasteiger partial charge in [-0.3, -0.25) is 18.6 Å². The first-order chi connectivity index (χ1) is 28.4. The van der Waals surface area contributed by atoms with Crippen molar-refractivity contribution in [1.82, 2.24) is 0 Å². The van der Waals surface area contributed by atoms with Gasteiger partial charge in [-0.1, -0.05) is 126 Å². The highest BCUT2D eigenvalue weighted by molar-refractivity contribution is 7.47. The van der Waals surface area contributed by atoms with E-state index in [-0.39, 0.29) is 12.8 Å². The van der Waals surface area contributed by atoms with Crippen LogP contribution >= 0.6 is 7.82 Å². The number of carbonyl (C=O) groups is 2. The number of phosphoric ester groups is 1. The summed E-state index contributed by atoms with van der Waals surface area (Å²) in [6, 6.07) is 0. The number of phosphoric acid groups is 1. The van der Waals surface area contributed by atoms with Gasteiger partial charge < -0.3 is 39.9 Å². The molecule has 340 valence electrons. The molecule has 1 aliphatic carbocycles. The quantitative estimate of drug-likeness (QED) is 0.0154. The van der Waals surface area contributed by atoms with Crippen LogP contribution in [0.1, 0.15) is 155 Å². The molecule has 14 heteroatoms. The number of carbonyl (C=O) groups excluding carboxylic acids is 2. The molecule has 1 rings (SSSR count). The lowest BCUT2D eigenvalue weighted by molar-refractivity contribution is -0.220. The fraction of sp³-hybridized carbons (Fsp3) is 0.733. The van der Waals surface area contributed by atoms with Gasteiger partial charge in [-0.2, -0.15) is 0 Å². The van der Waals surface area contributed by atoms with Crippen molar-refractivity contribution in [2.75, 3.05) is 13.2 Å². The fourth-order valence-electron chi connectivity index (χ4n) is 6.21. The lowest BCUT2D eigenvalue weighted by atomic mass is 9.85. The third kappa shape index (κ3) is 27.9. The van der Waals surface area contributed by atoms with Crippen molar-refractivity contribution < 1.29 is 63.1 Å². The molecule has 6 unspecified atom stereocenters. The first-order valence-electron chi connectivity index (χ1n) is 22.1. The maximum Gasteiger partial charge on any atom is 0.472 e. The van der Waals surface area contributed by atoms with Crippen LogP contribution < -0.4 is 0 Å². The molecule has 59 heavy (non-hydrogen) atoms. The molecule has 0 amide bonds. The van der Waals surface area contributed by atoms with Gasteiger partial charge in [0.15, 0.2) is 6.10 Å². The summed E-state index contributed by atoms with van der Waals surface area (Å²) in [4.78, 5) is 35.6. The van der Waals surface area contributed by atoms with Crippen LogP contribution in [0.4, 0.5) is 0 Å². The van der Waals surface area contributed by atoms with Crippen LogP contribution in [0, 0.1) is 0 Å². The second-order valence-electron chi connectivity index (χ2n) is 15.2. The van der Waals surface area contributed by atoms with E-state index in [0.29, 0.717) is 19.3 Å². The number of aliphatic hydroxyl groups is 5. The van der Waals surface area contributed by atoms with Gasteiger partial charge in [0, 0.05) is 12.8 Å². The van der Waals surface area contributed by atoms with E-state index < -0.39 is 75.7 Å². The van der Waals surface area contributed by atoms with Crippen LogP contribution in [0.5, 0.6) is 0 Å². The van der Waals surface area contributed by atoms with Gasteiger partial charge in [-0.05, 0) is 77.0 Å². The lowest BCUT2D eigenvalue weighted by Gasteiger charge is -2.41. The summed E-state index contributed by atoms with van der Waals surface area (Å²) >= 11 is 0. The minimum atomic E-state index is -5.13. The Kier molecular flexibility index (Phi) is 32.5. The average Bonchev–Trinajstić information content (AvgIpc) is 3.21. The number of hydrogen-bond acceptors (Lipinski definition) is 12. The van der Waals surface area contributed by atoms with E-state index in [0.717, 1.165) is 64.2 Å². The number of ether oxygens (including phenoxy) is 2. The molecule has 0 aromatic heterocycles. The summed E-state index contributed by atoms with van der Waals surface area (Å²) in [5.41, 5.74) is 0. The molecule has 1 fully saturated rings. The molecule has 6 N–H and O–H groups in total. The van der Waals surface area contributed by atoms with E-state index in [2.05, 4.69) is 62.5 Å². The summed E-state index contributed by atoms with van der Waals surface area (Å²) in [7, 11) is -5.13. The minimum absolute atomic E-state index is 0.0725. The molecule has 0 spiro atoms. The second-order valence-corrected chi connectivity index (χ2v) is 16.6. The van der Waals surface area contributed by atoms with Crippen molar-refractivity contribution >= 4 is 19.8 Å². The minimum Gasteiger partial charge on any atom is -0.462 e. The Balaban J connectivity index is 2.53. The average molecular weight is 857 g/mol. The molecule has 0 saturated heterocycles. The number of rotatable bonds is 35. The van der Waals surface area contributed by atoms with E-state index >= 15 is 0 Å². The summed E-state index contributed by atoms with van der Waals surface area (Å²) in [5.74, 6) is -1.18. The van der Waals surface area contributed by atoms with Crippen LogP contribution in [0.25, 0.3) is 0 Å². The molecule has 13 nitrogen and oxygen atoms in total. The Labute approximate surface area is 353 Å². The van der Waals surface area contributed by atoms with Crippen molar-refractivity contribution in [1.29, 1.82) is 0 Å². The molecule has 1 saturated carbocycles. The van der Waals surface area contributed by atoms with E-state index in [9.17, 15) is 44.6 Å². The van der Waals surface area contributed by atoms with Crippen molar-refractivity contribution in [3.8, 4) is 0 Å². The third-order valence-corrected chi connectivity index (χ3v) is 10.8. The molecule has 0 radical (unpaired) electrons. The molecular weight excluding hydrogens is 779 g/mol. The normalized spacial score (nSPS) is 22.9. The van der Waals surface area contributed by atoms with Gasteiger partial charge in [0.2, 0.25) is 0 Å². The van der Waals surface area contributed by atoms with Crippen LogP contribution in [0.3, 0.4) is 0 Å². The largest absolute Gasteiger partial charge is 0.472 e. The Bertz CT molecular complexity index is 1270. The maximum absolute atomic E-state index is 12.8. The zero-order valence-corrected chi connectivity index (χ0v) is 36.7. The highest BCUT2D eigenvalue weighted by Gasteiger charge is 2.51. The SMILES string of the molecule is CCCCCC=CCC=CCC=CCC=CCCCC(=O)OCC(COP(=O)(O)OC1C(O)C(O)C(O)C(O)C1O)OC(=O)CCCCCCCC=CCCCCCC. The van der Waals surface area contributed by atoms with Crippen molar-refractivity contribution in [2.45, 2.75) is 198 Å². The Morgan fingerprint density at radius 1 is 0.525 bits per heavy atom. The molecule has 0 aliphatic heterocycles. The first-order valence-corrected chi connectivity index (χ1v) is 23.6. The predicted molar refractivity (Wildman–Crippen MR) is 230 cm³/mol. The zero-order chi connectivity index (χ0) is 43.6. The van der Waals surface area contributed by atoms with E-state index in [1.54, 1.807) is 0 Å². The molecule has 6 atom stereocenters. The molecule has 0 bridgehead atoms. The molecule has 0 aromatic carbocycles. The lowest BCUT2D eigenvalue weighted by Crippen LogP contribution is -2.64. The summed E-state index contributed by atoms with van der Waals surface area (Å²) in [6.07, 6.45) is 28.6. The van der Waals surface area contributed by atoms with Gasteiger partial charge >= 0.3 is 19.8 Å². The van der Waals surface area contributed by atoms with E-state index in [4.69, 9.17) is 18.5 Å². The summed E-state index contributed by atoms with van der Waals surface area (Å²) < 4.78 is 33.4. The highest BCUT2D eigenvalue weighted by atomic mass is 31.2. The smallest absolute Gasteiger partial charge is 0.462 e. The molecule has 1 aliphatic rings. The van der Waals surface area contributed by atoms with Crippen molar-refractivity contribution in [2.24, 2.45) is 0 Å². The predicted octanol–water partition coefficient (Wildman–Crippen LogP) is 8.16. The van der Waals surface area contributed by atoms with Gasteiger partial charge in [-0.15, -0.1) is 0 Å². The second kappa shape index (κ2) is 35.2. The van der Waals surface area contributed by atoms with Crippen LogP contribution in [-0.2, 0) is 32.7 Å². The van der Waals surface area contributed by atoms with Gasteiger partial charge in [0.05, 0.1) is 6.61 Å². The van der Waals surface area contributed by atoms with Crippen LogP contribution in [0.2, 0.25) is 0 Å². The standard InChI is InChI=1S/C45H77O13P/c1-3-5-7-9-11-13-15-17-18-19-20-22-23-25-27-29-31-33-38(46)55-35-37(36-56-59(53,54)58-45-43(51)41(49)40(48)42(50)44(45)52)57-39(47)34-32-30-28-26-24-21-16-14-12-10-8-6-4-2/h11,13-14,16-18,20,22,25,27,37,40-45,48-52H,3-10,12,15,19,21,23-24,26,28-36H2,1-2H3,(H,53,54). The Hall–Kier alpha value is -2.45. The fourth-order valence-corrected chi connectivity index (χ4v) is 7.19. The summed E-state index contributed by atoms with van der Waals surface area (Å²) in [5, 5.41) is 50.1. The van der Waals surface area contributed by atoms with Crippen molar-refractivity contribution in [3.05, 3.63) is 60.8 Å². The van der Waals surface area contributed by atoms with Crippen LogP contribution in [-0.4, -0.2) is 98.3 Å². The van der Waals surface area contributed by atoms with Crippen LogP contribution in [0.15, 0.2) is 60.8 Å². The zero-order valence-electron chi connectivity index (χ0n) is 35.8. The monoisotopic (exact) mass is 857 g/mol. The Morgan fingerprint density at radius 3 is 1.49 bits per heavy atom. The third-order valence-electron chi connectivity index (χ3n) is 9.83. The number of esters is 2. The molecule has 0 aromatic rings. The number of hydrogen-bond donors (Lipinski definition) is 6. The first kappa shape index (κ1) is 54.6. The van der Waals surface area contributed by atoms with Gasteiger partial charge in [0.1, 0.15) is 43.2 Å². The van der Waals surface area contributed by atoms with Gasteiger partial charge in [-0.25, -0.2) is 4.57 Å². The molecular formula is C45H77O13P. The van der Waals surface area contributed by atoms with E-state index in [1.807, 2.05) is 12.2 Å². The summed E-state index contributed by atoms with van der Waals surface area (Å²) in [6.45, 7) is 3.18. The van der Waals surface area contributed by atoms with E-state index in [1.165, 1.54) is 44.9 Å².